The lowest BCUT2D eigenvalue weighted by atomic mass is 10.1. The second-order valence-corrected chi connectivity index (χ2v) is 8.20. The third-order valence-electron chi connectivity index (χ3n) is 5.45. The second-order valence-electron chi connectivity index (χ2n) is 8.20. The van der Waals surface area contributed by atoms with E-state index < -0.39 is 17.6 Å². The molecular weight excluding hydrogens is 413 g/mol. The number of nitrogens with one attached hydrogen (secondary N) is 1. The Kier molecular flexibility index (Phi) is 7.55. The zero-order valence-corrected chi connectivity index (χ0v) is 17.8. The quantitative estimate of drug-likeness (QED) is 0.755. The first kappa shape index (κ1) is 23.5. The number of alkyl halides is 3. The largest absolute Gasteiger partial charge is 0.418 e. The standard InChI is InChI=1S/C21H29F3N4O3/c1-15-11-27(12-16(2)31-15)14-20(30)28-9-7-26(8-10-28)13-19(29)25-18-6-4-3-5-17(18)21(22,23)24/h3-6,15-16H,7-14H2,1-2H3,(H,25,29). The Labute approximate surface area is 180 Å². The van der Waals surface area contributed by atoms with E-state index in [0.717, 1.165) is 19.2 Å². The van der Waals surface area contributed by atoms with E-state index in [1.165, 1.54) is 18.2 Å². The molecule has 2 fully saturated rings. The van der Waals surface area contributed by atoms with Crippen LogP contribution < -0.4 is 5.32 Å². The molecule has 7 nitrogen and oxygen atoms in total. The van der Waals surface area contributed by atoms with E-state index in [0.29, 0.717) is 32.7 Å². The van der Waals surface area contributed by atoms with Crippen LogP contribution in [0.2, 0.25) is 0 Å². The van der Waals surface area contributed by atoms with Crippen LogP contribution in [-0.4, -0.2) is 91.1 Å². The molecule has 2 heterocycles. The molecule has 31 heavy (non-hydrogen) atoms. The molecule has 3 rings (SSSR count). The van der Waals surface area contributed by atoms with Crippen LogP contribution in [0.5, 0.6) is 0 Å². The molecule has 1 aromatic rings. The summed E-state index contributed by atoms with van der Waals surface area (Å²) in [4.78, 5) is 30.6. The Morgan fingerprint density at radius 3 is 2.23 bits per heavy atom. The van der Waals surface area contributed by atoms with Gasteiger partial charge in [-0.1, -0.05) is 12.1 Å². The zero-order chi connectivity index (χ0) is 22.6. The maximum absolute atomic E-state index is 13.1. The lowest BCUT2D eigenvalue weighted by molar-refractivity contribution is -0.138. The lowest BCUT2D eigenvalue weighted by Crippen LogP contribution is -2.54. The van der Waals surface area contributed by atoms with Crippen molar-refractivity contribution in [3.63, 3.8) is 0 Å². The number of hydrogen-bond donors (Lipinski definition) is 1. The Bertz CT molecular complexity index is 771. The fourth-order valence-corrected chi connectivity index (χ4v) is 4.09. The molecular formula is C21H29F3N4O3. The number of para-hydroxylation sites is 1. The molecule has 2 aliphatic heterocycles. The number of rotatable bonds is 5. The predicted molar refractivity (Wildman–Crippen MR) is 110 cm³/mol. The molecule has 2 aliphatic rings. The summed E-state index contributed by atoms with van der Waals surface area (Å²) in [6.07, 6.45) is -4.35. The van der Waals surface area contributed by atoms with Gasteiger partial charge < -0.3 is 15.0 Å². The van der Waals surface area contributed by atoms with Gasteiger partial charge in [-0.2, -0.15) is 13.2 Å². The van der Waals surface area contributed by atoms with Crippen molar-refractivity contribution in [1.29, 1.82) is 0 Å². The summed E-state index contributed by atoms with van der Waals surface area (Å²) >= 11 is 0. The van der Waals surface area contributed by atoms with Crippen molar-refractivity contribution in [1.82, 2.24) is 14.7 Å². The number of morpholine rings is 1. The van der Waals surface area contributed by atoms with E-state index in [1.54, 1.807) is 4.90 Å². The van der Waals surface area contributed by atoms with Gasteiger partial charge in [-0.25, -0.2) is 0 Å². The summed E-state index contributed by atoms with van der Waals surface area (Å²) < 4.78 is 44.9. The molecule has 0 saturated carbocycles. The average Bonchev–Trinajstić information content (AvgIpc) is 2.67. The molecule has 2 saturated heterocycles. The summed E-state index contributed by atoms with van der Waals surface area (Å²) in [7, 11) is 0. The number of nitrogens with zero attached hydrogens (tertiary/aromatic N) is 3. The van der Waals surface area contributed by atoms with Crippen molar-refractivity contribution in [2.24, 2.45) is 0 Å². The normalized spacial score (nSPS) is 23.6. The van der Waals surface area contributed by atoms with Crippen LogP contribution in [0.3, 0.4) is 0 Å². The highest BCUT2D eigenvalue weighted by molar-refractivity contribution is 5.93. The predicted octanol–water partition coefficient (Wildman–Crippen LogP) is 1.90. The molecule has 10 heteroatoms. The van der Waals surface area contributed by atoms with Gasteiger partial charge in [0.25, 0.3) is 0 Å². The van der Waals surface area contributed by atoms with Crippen LogP contribution in [0, 0.1) is 0 Å². The van der Waals surface area contributed by atoms with Gasteiger partial charge in [0, 0.05) is 39.3 Å². The highest BCUT2D eigenvalue weighted by atomic mass is 19.4. The molecule has 2 atom stereocenters. The van der Waals surface area contributed by atoms with Crippen molar-refractivity contribution in [3.8, 4) is 0 Å². The third-order valence-corrected chi connectivity index (χ3v) is 5.45. The summed E-state index contributed by atoms with van der Waals surface area (Å²) in [5.74, 6) is -0.461. The summed E-state index contributed by atoms with van der Waals surface area (Å²) in [5.41, 5.74) is -1.12. The van der Waals surface area contributed by atoms with E-state index in [-0.39, 0.29) is 30.3 Å². The van der Waals surface area contributed by atoms with Crippen molar-refractivity contribution >= 4 is 17.5 Å². The molecule has 0 bridgehead atoms. The Balaban J connectivity index is 1.45. The number of anilines is 1. The molecule has 2 amide bonds. The van der Waals surface area contributed by atoms with Gasteiger partial charge in [-0.15, -0.1) is 0 Å². The van der Waals surface area contributed by atoms with Crippen LogP contribution >= 0.6 is 0 Å². The number of ether oxygens (including phenoxy) is 1. The Morgan fingerprint density at radius 1 is 1.00 bits per heavy atom. The molecule has 2 unspecified atom stereocenters. The molecule has 0 spiro atoms. The van der Waals surface area contributed by atoms with Crippen molar-refractivity contribution in [2.45, 2.75) is 32.2 Å². The monoisotopic (exact) mass is 442 g/mol. The van der Waals surface area contributed by atoms with E-state index in [1.807, 2.05) is 18.7 Å². The van der Waals surface area contributed by atoms with Crippen LogP contribution in [0.1, 0.15) is 19.4 Å². The van der Waals surface area contributed by atoms with E-state index >= 15 is 0 Å². The minimum Gasteiger partial charge on any atom is -0.373 e. The molecule has 1 aromatic carbocycles. The maximum atomic E-state index is 13.1. The molecule has 172 valence electrons. The smallest absolute Gasteiger partial charge is 0.373 e. The number of hydrogen-bond acceptors (Lipinski definition) is 5. The Morgan fingerprint density at radius 2 is 1.61 bits per heavy atom. The minimum atomic E-state index is -4.54. The van der Waals surface area contributed by atoms with Gasteiger partial charge in [0.15, 0.2) is 0 Å². The van der Waals surface area contributed by atoms with Gasteiger partial charge in [0.05, 0.1) is 36.5 Å². The Hall–Kier alpha value is -2.17. The SMILES string of the molecule is CC1CN(CC(=O)N2CCN(CC(=O)Nc3ccccc3C(F)(F)F)CC2)CC(C)O1. The van der Waals surface area contributed by atoms with Crippen molar-refractivity contribution in [2.75, 3.05) is 57.7 Å². The number of carbonyl (C=O) groups excluding carboxylic acids is 2. The van der Waals surface area contributed by atoms with Gasteiger partial charge >= 0.3 is 6.18 Å². The molecule has 0 radical (unpaired) electrons. The highest BCUT2D eigenvalue weighted by Gasteiger charge is 2.34. The number of carbonyl (C=O) groups is 2. The first-order valence-electron chi connectivity index (χ1n) is 10.5. The van der Waals surface area contributed by atoms with E-state index in [9.17, 15) is 22.8 Å². The topological polar surface area (TPSA) is 65.1 Å². The molecule has 0 aromatic heterocycles. The zero-order valence-electron chi connectivity index (χ0n) is 17.8. The summed E-state index contributed by atoms with van der Waals surface area (Å²) in [6.45, 7) is 7.70. The summed E-state index contributed by atoms with van der Waals surface area (Å²) in [6, 6.07) is 4.92. The van der Waals surface area contributed by atoms with Crippen LogP contribution in [0.25, 0.3) is 0 Å². The lowest BCUT2D eigenvalue weighted by Gasteiger charge is -2.38. The number of benzene rings is 1. The van der Waals surface area contributed by atoms with Gasteiger partial charge in [0.1, 0.15) is 0 Å². The fourth-order valence-electron chi connectivity index (χ4n) is 4.09. The summed E-state index contributed by atoms with van der Waals surface area (Å²) in [5, 5.41) is 2.36. The second kappa shape index (κ2) is 9.97. The third kappa shape index (κ3) is 6.65. The molecule has 0 aliphatic carbocycles. The van der Waals surface area contributed by atoms with E-state index in [2.05, 4.69) is 10.2 Å². The first-order valence-corrected chi connectivity index (χ1v) is 10.5. The highest BCUT2D eigenvalue weighted by Crippen LogP contribution is 2.34. The van der Waals surface area contributed by atoms with Gasteiger partial charge in [0.2, 0.25) is 11.8 Å². The molecule has 1 N–H and O–H groups in total. The minimum absolute atomic E-state index is 0.0211. The van der Waals surface area contributed by atoms with Crippen LogP contribution in [-0.2, 0) is 20.5 Å². The first-order chi connectivity index (χ1) is 14.6. The number of halogens is 3. The van der Waals surface area contributed by atoms with Crippen LogP contribution in [0.15, 0.2) is 24.3 Å². The number of piperazine rings is 1. The van der Waals surface area contributed by atoms with Crippen molar-refractivity contribution < 1.29 is 27.5 Å². The van der Waals surface area contributed by atoms with Gasteiger partial charge in [-0.05, 0) is 26.0 Å². The maximum Gasteiger partial charge on any atom is 0.418 e. The fraction of sp³-hybridized carbons (Fsp3) is 0.619. The van der Waals surface area contributed by atoms with Gasteiger partial charge in [-0.3, -0.25) is 19.4 Å². The van der Waals surface area contributed by atoms with E-state index in [4.69, 9.17) is 4.74 Å². The average molecular weight is 442 g/mol. The van der Waals surface area contributed by atoms with Crippen molar-refractivity contribution in [3.05, 3.63) is 29.8 Å². The number of amides is 2. The van der Waals surface area contributed by atoms with Crippen LogP contribution in [0.4, 0.5) is 18.9 Å².